The lowest BCUT2D eigenvalue weighted by Crippen LogP contribution is -2.25. The maximum absolute atomic E-state index is 12.1. The molecule has 3 rings (SSSR count). The van der Waals surface area contributed by atoms with E-state index in [1.54, 1.807) is 6.07 Å². The van der Waals surface area contributed by atoms with Crippen LogP contribution in [0.1, 0.15) is 5.56 Å². The predicted octanol–water partition coefficient (Wildman–Crippen LogP) is 4.56. The van der Waals surface area contributed by atoms with Crippen LogP contribution in [0.4, 0.5) is 5.69 Å². The number of amidine groups is 1. The molecule has 1 heterocycles. The molecule has 0 radical (unpaired) electrons. The minimum Gasteiger partial charge on any atom is -0.304 e. The van der Waals surface area contributed by atoms with Crippen molar-refractivity contribution in [1.29, 1.82) is 0 Å². The predicted molar refractivity (Wildman–Crippen MR) is 95.9 cm³/mol. The molecule has 3 nitrogen and oxygen atoms in total. The third-order valence-electron chi connectivity index (χ3n) is 3.19. The number of nitrogens with zero attached hydrogens (tertiary/aromatic N) is 1. The van der Waals surface area contributed by atoms with Crippen LogP contribution in [0.3, 0.4) is 0 Å². The summed E-state index contributed by atoms with van der Waals surface area (Å²) in [6, 6.07) is 15.3. The van der Waals surface area contributed by atoms with Gasteiger partial charge in [0.1, 0.15) is 0 Å². The highest BCUT2D eigenvalue weighted by Crippen LogP contribution is 2.29. The first-order chi connectivity index (χ1) is 10.6. The number of thioether (sulfide) groups is 1. The lowest BCUT2D eigenvalue weighted by molar-refractivity contribution is -0.118. The topological polar surface area (TPSA) is 41.5 Å². The molecular weight excluding hydrogens is 384 g/mol. The Balaban J connectivity index is 1.73. The number of para-hydroxylation sites is 1. The van der Waals surface area contributed by atoms with E-state index in [4.69, 9.17) is 11.6 Å². The van der Waals surface area contributed by atoms with Gasteiger partial charge in [0.15, 0.2) is 5.17 Å². The summed E-state index contributed by atoms with van der Waals surface area (Å²) in [5.74, 6) is -0.0151. The molecule has 1 aliphatic heterocycles. The second kappa shape index (κ2) is 6.86. The summed E-state index contributed by atoms with van der Waals surface area (Å²) in [6.07, 6.45) is 0.672. The Bertz CT molecular complexity index is 733. The number of hydrogen-bond acceptors (Lipinski definition) is 3. The Labute approximate surface area is 146 Å². The zero-order valence-corrected chi connectivity index (χ0v) is 14.6. The van der Waals surface area contributed by atoms with Gasteiger partial charge in [-0.05, 0) is 36.2 Å². The number of amides is 1. The van der Waals surface area contributed by atoms with E-state index in [1.807, 2.05) is 42.5 Å². The number of aliphatic imine (C=N–C) groups is 1. The minimum atomic E-state index is -0.164. The molecule has 0 spiro atoms. The maximum atomic E-state index is 12.1. The molecule has 0 bridgehead atoms. The first kappa shape index (κ1) is 15.6. The van der Waals surface area contributed by atoms with Crippen molar-refractivity contribution in [2.75, 3.05) is 0 Å². The van der Waals surface area contributed by atoms with Crippen LogP contribution in [0.15, 0.2) is 58.0 Å². The molecule has 1 N–H and O–H groups in total. The summed E-state index contributed by atoms with van der Waals surface area (Å²) < 4.78 is 1.03. The number of carbonyl (C=O) groups excluding carboxylic acids is 1. The van der Waals surface area contributed by atoms with E-state index in [-0.39, 0.29) is 11.2 Å². The van der Waals surface area contributed by atoms with Crippen molar-refractivity contribution in [2.24, 2.45) is 4.99 Å². The molecule has 1 atom stereocenters. The van der Waals surface area contributed by atoms with Gasteiger partial charge in [-0.25, -0.2) is 4.99 Å². The Hall–Kier alpha value is -1.30. The number of rotatable bonds is 3. The van der Waals surface area contributed by atoms with E-state index in [0.29, 0.717) is 22.3 Å². The van der Waals surface area contributed by atoms with Gasteiger partial charge in [0.05, 0.1) is 16.0 Å². The van der Waals surface area contributed by atoms with Crippen LogP contribution in [-0.2, 0) is 11.2 Å². The summed E-state index contributed by atoms with van der Waals surface area (Å²) in [5, 5.41) is 3.82. The van der Waals surface area contributed by atoms with Gasteiger partial charge >= 0.3 is 0 Å². The number of hydrogen-bond donors (Lipinski definition) is 1. The molecule has 1 aliphatic rings. The van der Waals surface area contributed by atoms with Crippen molar-refractivity contribution in [2.45, 2.75) is 11.7 Å². The van der Waals surface area contributed by atoms with Crippen molar-refractivity contribution in [3.05, 3.63) is 63.6 Å². The van der Waals surface area contributed by atoms with Crippen molar-refractivity contribution in [1.82, 2.24) is 5.32 Å². The highest BCUT2D eigenvalue weighted by Gasteiger charge is 2.30. The smallest absolute Gasteiger partial charge is 0.239 e. The molecule has 2 aromatic carbocycles. The van der Waals surface area contributed by atoms with Crippen molar-refractivity contribution in [3.63, 3.8) is 0 Å². The van der Waals surface area contributed by atoms with Crippen LogP contribution in [0.2, 0.25) is 5.02 Å². The average Bonchev–Trinajstić information content (AvgIpc) is 2.84. The molecule has 0 aromatic heterocycles. The third-order valence-corrected chi connectivity index (χ3v) is 5.12. The third kappa shape index (κ3) is 3.72. The largest absolute Gasteiger partial charge is 0.304 e. The van der Waals surface area contributed by atoms with E-state index in [9.17, 15) is 4.79 Å². The number of nitrogens with one attached hydrogen (secondary N) is 1. The van der Waals surface area contributed by atoms with Crippen LogP contribution in [0, 0.1) is 0 Å². The Morgan fingerprint density at radius 1 is 1.18 bits per heavy atom. The fraction of sp³-hybridized carbons (Fsp3) is 0.125. The van der Waals surface area contributed by atoms with Gasteiger partial charge in [0, 0.05) is 4.47 Å². The summed E-state index contributed by atoms with van der Waals surface area (Å²) >= 11 is 10.9. The van der Waals surface area contributed by atoms with Gasteiger partial charge in [-0.2, -0.15) is 0 Å². The van der Waals surface area contributed by atoms with Gasteiger partial charge < -0.3 is 5.32 Å². The van der Waals surface area contributed by atoms with Gasteiger partial charge in [0.2, 0.25) is 5.91 Å². The van der Waals surface area contributed by atoms with E-state index in [2.05, 4.69) is 26.2 Å². The SMILES string of the molecule is O=C1NC(=Nc2ccccc2Cl)S[C@H]1Cc1ccc(Br)cc1. The van der Waals surface area contributed by atoms with E-state index < -0.39 is 0 Å². The monoisotopic (exact) mass is 394 g/mol. The fourth-order valence-electron chi connectivity index (χ4n) is 2.08. The van der Waals surface area contributed by atoms with Crippen molar-refractivity contribution in [3.8, 4) is 0 Å². The second-order valence-corrected chi connectivity index (χ2v) is 7.31. The molecule has 0 saturated carbocycles. The molecular formula is C16H12BrClN2OS. The van der Waals surface area contributed by atoms with Crippen LogP contribution in [0.25, 0.3) is 0 Å². The Kier molecular flexibility index (Phi) is 4.86. The van der Waals surface area contributed by atoms with E-state index in [0.717, 1.165) is 10.0 Å². The molecule has 22 heavy (non-hydrogen) atoms. The molecule has 1 fully saturated rings. The van der Waals surface area contributed by atoms with E-state index >= 15 is 0 Å². The van der Waals surface area contributed by atoms with Gasteiger partial charge in [-0.3, -0.25) is 4.79 Å². The molecule has 0 aliphatic carbocycles. The first-order valence-corrected chi connectivity index (χ1v) is 8.72. The summed E-state index contributed by atoms with van der Waals surface area (Å²) in [4.78, 5) is 16.5. The van der Waals surface area contributed by atoms with Crippen LogP contribution in [-0.4, -0.2) is 16.3 Å². The minimum absolute atomic E-state index is 0.0151. The van der Waals surface area contributed by atoms with E-state index in [1.165, 1.54) is 11.8 Å². The molecule has 1 amide bonds. The standard InChI is InChI=1S/C16H12BrClN2OS/c17-11-7-5-10(6-8-11)9-14-15(21)20-16(22-14)19-13-4-2-1-3-12(13)18/h1-8,14H,9H2,(H,19,20,21)/t14-/m0/s1. The first-order valence-electron chi connectivity index (χ1n) is 6.67. The lowest BCUT2D eigenvalue weighted by Gasteiger charge is -2.05. The average molecular weight is 396 g/mol. The number of halogens is 2. The molecule has 6 heteroatoms. The normalized spacial score (nSPS) is 19.5. The van der Waals surface area contributed by atoms with Crippen LogP contribution >= 0.6 is 39.3 Å². The quantitative estimate of drug-likeness (QED) is 0.827. The highest BCUT2D eigenvalue weighted by molar-refractivity contribution is 9.10. The Morgan fingerprint density at radius 3 is 2.64 bits per heavy atom. The van der Waals surface area contributed by atoms with Gasteiger partial charge in [-0.15, -0.1) is 0 Å². The Morgan fingerprint density at radius 2 is 1.91 bits per heavy atom. The molecule has 0 unspecified atom stereocenters. The van der Waals surface area contributed by atoms with Crippen molar-refractivity contribution >= 4 is 56.1 Å². The second-order valence-electron chi connectivity index (χ2n) is 4.79. The van der Waals surface area contributed by atoms with Gasteiger partial charge in [0.25, 0.3) is 0 Å². The van der Waals surface area contributed by atoms with Gasteiger partial charge in [-0.1, -0.05) is 63.6 Å². The van der Waals surface area contributed by atoms with Crippen LogP contribution < -0.4 is 5.32 Å². The summed E-state index contributed by atoms with van der Waals surface area (Å²) in [5.41, 5.74) is 1.78. The highest BCUT2D eigenvalue weighted by atomic mass is 79.9. The molecule has 1 saturated heterocycles. The molecule has 2 aromatic rings. The summed E-state index contributed by atoms with van der Waals surface area (Å²) in [6.45, 7) is 0. The van der Waals surface area contributed by atoms with Crippen LogP contribution in [0.5, 0.6) is 0 Å². The maximum Gasteiger partial charge on any atom is 0.239 e. The number of benzene rings is 2. The van der Waals surface area contributed by atoms with Crippen molar-refractivity contribution < 1.29 is 4.79 Å². The zero-order chi connectivity index (χ0) is 15.5. The summed E-state index contributed by atoms with van der Waals surface area (Å²) in [7, 11) is 0. The fourth-order valence-corrected chi connectivity index (χ4v) is 3.54. The number of carbonyl (C=O) groups is 1. The zero-order valence-electron chi connectivity index (χ0n) is 11.4. The lowest BCUT2D eigenvalue weighted by atomic mass is 10.1. The molecule has 112 valence electrons.